The fraction of sp³-hybridized carbons (Fsp3) is 0.364. The molecule has 0 fully saturated rings. The summed E-state index contributed by atoms with van der Waals surface area (Å²) in [5.41, 5.74) is 3.19. The lowest BCUT2D eigenvalue weighted by Crippen LogP contribution is -2.16. The minimum atomic E-state index is -0.0518. The first kappa shape index (κ1) is 11.4. The van der Waals surface area contributed by atoms with Gasteiger partial charge in [0.1, 0.15) is 0 Å². The molecule has 1 heterocycles. The topological polar surface area (TPSA) is 54.4 Å². The SMILES string of the molecule is CCCCC(=O)NN=Cc1ccccn1. The summed E-state index contributed by atoms with van der Waals surface area (Å²) in [5.74, 6) is -0.0518. The zero-order chi connectivity index (χ0) is 10.9. The Kier molecular flexibility index (Phi) is 5.08. The highest BCUT2D eigenvalue weighted by molar-refractivity contribution is 5.80. The first-order chi connectivity index (χ1) is 7.33. The highest BCUT2D eigenvalue weighted by Gasteiger charge is 1.96. The Morgan fingerprint density at radius 3 is 3.13 bits per heavy atom. The molecule has 0 radical (unpaired) electrons. The Labute approximate surface area is 89.4 Å². The van der Waals surface area contributed by atoms with Gasteiger partial charge in [-0.2, -0.15) is 5.10 Å². The van der Waals surface area contributed by atoms with E-state index in [4.69, 9.17) is 0 Å². The molecular weight excluding hydrogens is 190 g/mol. The van der Waals surface area contributed by atoms with Crippen LogP contribution in [-0.4, -0.2) is 17.1 Å². The Morgan fingerprint density at radius 1 is 1.60 bits per heavy atom. The molecular formula is C11H15N3O. The fourth-order valence-electron chi connectivity index (χ4n) is 1.02. The van der Waals surface area contributed by atoms with Crippen molar-refractivity contribution in [2.45, 2.75) is 26.2 Å². The number of pyridine rings is 1. The lowest BCUT2D eigenvalue weighted by Gasteiger charge is -1.96. The minimum Gasteiger partial charge on any atom is -0.273 e. The van der Waals surface area contributed by atoms with Crippen molar-refractivity contribution in [3.63, 3.8) is 0 Å². The number of hydrogen-bond acceptors (Lipinski definition) is 3. The molecule has 0 saturated heterocycles. The molecule has 15 heavy (non-hydrogen) atoms. The number of rotatable bonds is 5. The van der Waals surface area contributed by atoms with E-state index in [1.807, 2.05) is 25.1 Å². The maximum absolute atomic E-state index is 11.1. The average molecular weight is 205 g/mol. The molecule has 0 aliphatic rings. The van der Waals surface area contributed by atoms with Crippen LogP contribution >= 0.6 is 0 Å². The predicted octanol–water partition coefficient (Wildman–Crippen LogP) is 1.72. The predicted molar refractivity (Wildman–Crippen MR) is 59.5 cm³/mol. The molecule has 4 heteroatoms. The van der Waals surface area contributed by atoms with Gasteiger partial charge in [-0.1, -0.05) is 19.4 Å². The Hall–Kier alpha value is -1.71. The number of nitrogens with one attached hydrogen (secondary N) is 1. The number of carbonyl (C=O) groups is 1. The normalized spacial score (nSPS) is 10.5. The van der Waals surface area contributed by atoms with Gasteiger partial charge in [-0.05, 0) is 18.6 Å². The van der Waals surface area contributed by atoms with Gasteiger partial charge in [-0.25, -0.2) is 5.43 Å². The highest BCUT2D eigenvalue weighted by atomic mass is 16.2. The van der Waals surface area contributed by atoms with Gasteiger partial charge in [0, 0.05) is 12.6 Å². The first-order valence-corrected chi connectivity index (χ1v) is 5.06. The van der Waals surface area contributed by atoms with Crippen molar-refractivity contribution >= 4 is 12.1 Å². The van der Waals surface area contributed by atoms with Gasteiger partial charge in [0.25, 0.3) is 0 Å². The molecule has 4 nitrogen and oxygen atoms in total. The third-order valence-electron chi connectivity index (χ3n) is 1.83. The van der Waals surface area contributed by atoms with Crippen LogP contribution in [0.4, 0.5) is 0 Å². The molecule has 1 N–H and O–H groups in total. The summed E-state index contributed by atoms with van der Waals surface area (Å²) in [5, 5.41) is 3.81. The maximum Gasteiger partial charge on any atom is 0.240 e. The summed E-state index contributed by atoms with van der Waals surface area (Å²) in [7, 11) is 0. The second kappa shape index (κ2) is 6.70. The fourth-order valence-corrected chi connectivity index (χ4v) is 1.02. The van der Waals surface area contributed by atoms with Crippen LogP contribution in [0.5, 0.6) is 0 Å². The molecule has 1 aromatic heterocycles. The van der Waals surface area contributed by atoms with Crippen LogP contribution < -0.4 is 5.43 Å². The Bertz CT molecular complexity index is 322. The molecule has 1 rings (SSSR count). The van der Waals surface area contributed by atoms with Crippen LogP contribution in [0.15, 0.2) is 29.5 Å². The van der Waals surface area contributed by atoms with E-state index in [-0.39, 0.29) is 5.91 Å². The Morgan fingerprint density at radius 2 is 2.47 bits per heavy atom. The van der Waals surface area contributed by atoms with E-state index in [2.05, 4.69) is 15.5 Å². The number of carbonyl (C=O) groups excluding carboxylic acids is 1. The second-order valence-corrected chi connectivity index (χ2v) is 3.15. The van der Waals surface area contributed by atoms with Gasteiger partial charge in [0.05, 0.1) is 11.9 Å². The van der Waals surface area contributed by atoms with Gasteiger partial charge in [-0.15, -0.1) is 0 Å². The van der Waals surface area contributed by atoms with E-state index >= 15 is 0 Å². The van der Waals surface area contributed by atoms with Gasteiger partial charge in [0.2, 0.25) is 5.91 Å². The molecule has 0 aromatic carbocycles. The van der Waals surface area contributed by atoms with Crippen molar-refractivity contribution in [1.29, 1.82) is 0 Å². The molecule has 0 atom stereocenters. The quantitative estimate of drug-likeness (QED) is 0.587. The summed E-state index contributed by atoms with van der Waals surface area (Å²) < 4.78 is 0. The van der Waals surface area contributed by atoms with E-state index < -0.39 is 0 Å². The molecule has 0 aliphatic carbocycles. The van der Waals surface area contributed by atoms with Crippen LogP contribution in [-0.2, 0) is 4.79 Å². The largest absolute Gasteiger partial charge is 0.273 e. The molecule has 0 aliphatic heterocycles. The Balaban J connectivity index is 2.31. The molecule has 0 spiro atoms. The first-order valence-electron chi connectivity index (χ1n) is 5.06. The van der Waals surface area contributed by atoms with Crippen molar-refractivity contribution in [3.05, 3.63) is 30.1 Å². The number of aromatic nitrogens is 1. The number of amides is 1. The molecule has 0 unspecified atom stereocenters. The third kappa shape index (κ3) is 4.90. The third-order valence-corrected chi connectivity index (χ3v) is 1.83. The summed E-state index contributed by atoms with van der Waals surface area (Å²) in [4.78, 5) is 15.2. The summed E-state index contributed by atoms with van der Waals surface area (Å²) >= 11 is 0. The standard InChI is InChI=1S/C11H15N3O/c1-2-3-7-11(15)14-13-9-10-6-4-5-8-12-10/h4-6,8-9H,2-3,7H2,1H3,(H,14,15). The summed E-state index contributed by atoms with van der Waals surface area (Å²) in [6.07, 6.45) is 5.64. The molecule has 80 valence electrons. The van der Waals surface area contributed by atoms with Crippen molar-refractivity contribution in [2.24, 2.45) is 5.10 Å². The molecule has 0 bridgehead atoms. The van der Waals surface area contributed by atoms with Crippen molar-refractivity contribution in [2.75, 3.05) is 0 Å². The maximum atomic E-state index is 11.1. The van der Waals surface area contributed by atoms with E-state index in [0.29, 0.717) is 6.42 Å². The zero-order valence-corrected chi connectivity index (χ0v) is 8.81. The number of hydrogen-bond donors (Lipinski definition) is 1. The van der Waals surface area contributed by atoms with Crippen LogP contribution in [0.25, 0.3) is 0 Å². The zero-order valence-electron chi connectivity index (χ0n) is 8.81. The van der Waals surface area contributed by atoms with Gasteiger partial charge in [0.15, 0.2) is 0 Å². The van der Waals surface area contributed by atoms with E-state index in [0.717, 1.165) is 18.5 Å². The number of unbranched alkanes of at least 4 members (excludes halogenated alkanes) is 1. The second-order valence-electron chi connectivity index (χ2n) is 3.15. The molecule has 1 amide bonds. The average Bonchev–Trinajstić information content (AvgIpc) is 2.28. The van der Waals surface area contributed by atoms with Gasteiger partial charge < -0.3 is 0 Å². The van der Waals surface area contributed by atoms with Crippen molar-refractivity contribution in [3.8, 4) is 0 Å². The van der Waals surface area contributed by atoms with Crippen molar-refractivity contribution in [1.82, 2.24) is 10.4 Å². The van der Waals surface area contributed by atoms with Crippen LogP contribution in [0.3, 0.4) is 0 Å². The van der Waals surface area contributed by atoms with Crippen LogP contribution in [0, 0.1) is 0 Å². The monoisotopic (exact) mass is 205 g/mol. The van der Waals surface area contributed by atoms with E-state index in [9.17, 15) is 4.79 Å². The lowest BCUT2D eigenvalue weighted by atomic mass is 10.2. The van der Waals surface area contributed by atoms with Crippen LogP contribution in [0.1, 0.15) is 31.9 Å². The smallest absolute Gasteiger partial charge is 0.240 e. The molecule has 0 saturated carbocycles. The summed E-state index contributed by atoms with van der Waals surface area (Å²) in [6, 6.07) is 5.52. The summed E-state index contributed by atoms with van der Waals surface area (Å²) in [6.45, 7) is 2.05. The lowest BCUT2D eigenvalue weighted by molar-refractivity contribution is -0.121. The highest BCUT2D eigenvalue weighted by Crippen LogP contribution is 1.93. The van der Waals surface area contributed by atoms with Gasteiger partial charge >= 0.3 is 0 Å². The van der Waals surface area contributed by atoms with Gasteiger partial charge in [-0.3, -0.25) is 9.78 Å². The van der Waals surface area contributed by atoms with E-state index in [1.165, 1.54) is 6.21 Å². The van der Waals surface area contributed by atoms with Crippen molar-refractivity contribution < 1.29 is 4.79 Å². The minimum absolute atomic E-state index is 0.0518. The number of hydrazone groups is 1. The van der Waals surface area contributed by atoms with E-state index in [1.54, 1.807) is 6.20 Å². The number of nitrogens with zero attached hydrogens (tertiary/aromatic N) is 2. The van der Waals surface area contributed by atoms with Crippen LogP contribution in [0.2, 0.25) is 0 Å². The molecule has 1 aromatic rings.